The third-order valence-corrected chi connectivity index (χ3v) is 7.05. The van der Waals surface area contributed by atoms with Crippen LogP contribution in [0.5, 0.6) is 0 Å². The van der Waals surface area contributed by atoms with Gasteiger partial charge in [0.15, 0.2) is 0 Å². The van der Waals surface area contributed by atoms with Gasteiger partial charge in [-0.25, -0.2) is 13.1 Å². The Labute approximate surface area is 125 Å². The van der Waals surface area contributed by atoms with Crippen LogP contribution in [0, 0.1) is 5.92 Å². The van der Waals surface area contributed by atoms with Gasteiger partial charge in [-0.3, -0.25) is 0 Å². The lowest BCUT2D eigenvalue weighted by Crippen LogP contribution is -2.38. The van der Waals surface area contributed by atoms with Gasteiger partial charge in [-0.1, -0.05) is 26.2 Å². The van der Waals surface area contributed by atoms with E-state index in [1.165, 1.54) is 24.2 Å². The number of sulfonamides is 1. The van der Waals surface area contributed by atoms with E-state index >= 15 is 0 Å². The predicted molar refractivity (Wildman–Crippen MR) is 81.5 cm³/mol. The highest BCUT2D eigenvalue weighted by Crippen LogP contribution is 2.27. The molecule has 114 valence electrons. The molecule has 0 bridgehead atoms. The first-order valence-electron chi connectivity index (χ1n) is 7.25. The first-order valence-corrected chi connectivity index (χ1v) is 9.55. The molecule has 1 fully saturated rings. The minimum Gasteiger partial charge on any atom is -0.396 e. The van der Waals surface area contributed by atoms with Gasteiger partial charge in [0.05, 0.1) is 0 Å². The fourth-order valence-corrected chi connectivity index (χ4v) is 5.41. The zero-order valence-electron chi connectivity index (χ0n) is 11.8. The minimum absolute atomic E-state index is 0.0471. The van der Waals surface area contributed by atoms with Crippen molar-refractivity contribution in [3.05, 3.63) is 17.0 Å². The number of rotatable bonds is 5. The van der Waals surface area contributed by atoms with E-state index in [9.17, 15) is 8.42 Å². The molecule has 2 atom stereocenters. The first kappa shape index (κ1) is 15.9. The van der Waals surface area contributed by atoms with Crippen molar-refractivity contribution in [2.45, 2.75) is 55.7 Å². The van der Waals surface area contributed by atoms with Gasteiger partial charge in [0, 0.05) is 23.9 Å². The lowest BCUT2D eigenvalue weighted by Gasteiger charge is -2.22. The highest BCUT2D eigenvalue weighted by molar-refractivity contribution is 7.91. The lowest BCUT2D eigenvalue weighted by molar-refractivity contribution is 0.300. The van der Waals surface area contributed by atoms with Gasteiger partial charge in [-0.05, 0) is 30.9 Å². The summed E-state index contributed by atoms with van der Waals surface area (Å²) < 4.78 is 28.1. The van der Waals surface area contributed by atoms with Crippen molar-refractivity contribution in [3.63, 3.8) is 0 Å². The third kappa shape index (κ3) is 4.04. The van der Waals surface area contributed by atoms with Crippen LogP contribution < -0.4 is 4.72 Å². The van der Waals surface area contributed by atoms with Gasteiger partial charge in [-0.15, -0.1) is 11.3 Å². The molecule has 20 heavy (non-hydrogen) atoms. The van der Waals surface area contributed by atoms with E-state index in [4.69, 9.17) is 5.11 Å². The van der Waals surface area contributed by atoms with E-state index in [0.29, 0.717) is 16.5 Å². The number of nitrogens with one attached hydrogen (secondary N) is 1. The molecule has 0 aliphatic heterocycles. The number of aliphatic hydroxyl groups is 1. The summed E-state index contributed by atoms with van der Waals surface area (Å²) in [6, 6.07) is 3.47. The molecule has 1 aromatic rings. The van der Waals surface area contributed by atoms with Crippen molar-refractivity contribution < 1.29 is 13.5 Å². The Bertz CT molecular complexity index is 524. The van der Waals surface area contributed by atoms with Crippen LogP contribution >= 0.6 is 11.3 Å². The van der Waals surface area contributed by atoms with E-state index in [1.807, 2.05) is 0 Å². The molecule has 0 radical (unpaired) electrons. The average molecular weight is 317 g/mol. The van der Waals surface area contributed by atoms with Crippen LogP contribution in [0.15, 0.2) is 16.3 Å². The predicted octanol–water partition coefficient (Wildman–Crippen LogP) is 2.53. The molecule has 2 N–H and O–H groups in total. The van der Waals surface area contributed by atoms with Crippen LogP contribution in [0.1, 0.15) is 43.9 Å². The Balaban J connectivity index is 2.08. The smallest absolute Gasteiger partial charge is 0.250 e. The summed E-state index contributed by atoms with van der Waals surface area (Å²) >= 11 is 1.25. The Kier molecular flexibility index (Phi) is 5.60. The summed E-state index contributed by atoms with van der Waals surface area (Å²) in [6.45, 7) is 2.18. The second kappa shape index (κ2) is 7.02. The van der Waals surface area contributed by atoms with Crippen molar-refractivity contribution in [2.24, 2.45) is 5.92 Å². The maximum Gasteiger partial charge on any atom is 0.250 e. The largest absolute Gasteiger partial charge is 0.396 e. The molecule has 0 saturated heterocycles. The molecule has 0 amide bonds. The zero-order valence-corrected chi connectivity index (χ0v) is 13.5. The van der Waals surface area contributed by atoms with Crippen LogP contribution in [0.2, 0.25) is 0 Å². The van der Waals surface area contributed by atoms with Gasteiger partial charge < -0.3 is 5.11 Å². The fraction of sp³-hybridized carbons (Fsp3) is 0.714. The molecule has 1 aliphatic rings. The number of aliphatic hydroxyl groups excluding tert-OH is 1. The summed E-state index contributed by atoms with van der Waals surface area (Å²) in [5, 5.41) is 8.90. The molecule has 1 aliphatic carbocycles. The normalized spacial score (nSPS) is 24.5. The van der Waals surface area contributed by atoms with E-state index in [1.54, 1.807) is 12.1 Å². The number of hydrogen-bond acceptors (Lipinski definition) is 4. The monoisotopic (exact) mass is 317 g/mol. The van der Waals surface area contributed by atoms with Crippen molar-refractivity contribution in [1.29, 1.82) is 0 Å². The van der Waals surface area contributed by atoms with Crippen molar-refractivity contribution in [2.75, 3.05) is 6.61 Å². The van der Waals surface area contributed by atoms with Crippen LogP contribution in [0.25, 0.3) is 0 Å². The maximum atomic E-state index is 12.4. The van der Waals surface area contributed by atoms with Gasteiger partial charge in [0.25, 0.3) is 0 Å². The quantitative estimate of drug-likeness (QED) is 0.820. The number of hydrogen-bond donors (Lipinski definition) is 2. The standard InChI is InChI=1S/C14H23NO3S2/c1-11-5-3-2-4-6-13(11)15-20(17,18)14-8-7-12(19-14)9-10-16/h7-8,11,13,15-16H,2-6,9-10H2,1H3. The maximum absolute atomic E-state index is 12.4. The Morgan fingerprint density at radius 2 is 2.05 bits per heavy atom. The van der Waals surface area contributed by atoms with Crippen molar-refractivity contribution in [1.82, 2.24) is 4.72 Å². The summed E-state index contributed by atoms with van der Waals surface area (Å²) in [4.78, 5) is 0.904. The minimum atomic E-state index is -3.42. The van der Waals surface area contributed by atoms with Gasteiger partial charge >= 0.3 is 0 Å². The summed E-state index contributed by atoms with van der Waals surface area (Å²) in [5.74, 6) is 0.393. The zero-order chi connectivity index (χ0) is 14.6. The highest BCUT2D eigenvalue weighted by Gasteiger charge is 2.26. The fourth-order valence-electron chi connectivity index (χ4n) is 2.67. The molecule has 2 unspecified atom stereocenters. The topological polar surface area (TPSA) is 66.4 Å². The average Bonchev–Trinajstić information content (AvgIpc) is 2.78. The van der Waals surface area contributed by atoms with Crippen LogP contribution in [-0.4, -0.2) is 26.2 Å². The molecule has 1 saturated carbocycles. The third-order valence-electron chi connectivity index (χ3n) is 3.93. The Morgan fingerprint density at radius 1 is 1.30 bits per heavy atom. The molecule has 1 heterocycles. The van der Waals surface area contributed by atoms with E-state index < -0.39 is 10.0 Å². The van der Waals surface area contributed by atoms with Crippen molar-refractivity contribution in [3.8, 4) is 0 Å². The molecule has 1 aromatic heterocycles. The van der Waals surface area contributed by atoms with E-state index in [2.05, 4.69) is 11.6 Å². The molecule has 6 heteroatoms. The molecule has 2 rings (SSSR count). The summed E-state index contributed by atoms with van der Waals surface area (Å²) in [6.07, 6.45) is 6.02. The van der Waals surface area contributed by atoms with Crippen LogP contribution in [-0.2, 0) is 16.4 Å². The molecule has 4 nitrogen and oxygen atoms in total. The lowest BCUT2D eigenvalue weighted by atomic mass is 9.98. The molecule has 0 spiro atoms. The van der Waals surface area contributed by atoms with Gasteiger partial charge in [0.1, 0.15) is 4.21 Å². The first-order chi connectivity index (χ1) is 9.53. The van der Waals surface area contributed by atoms with Gasteiger partial charge in [-0.2, -0.15) is 0 Å². The summed E-state index contributed by atoms with van der Waals surface area (Å²) in [7, 11) is -3.42. The Hall–Kier alpha value is -0.430. The van der Waals surface area contributed by atoms with Gasteiger partial charge in [0.2, 0.25) is 10.0 Å². The second-order valence-electron chi connectivity index (χ2n) is 5.54. The van der Waals surface area contributed by atoms with Crippen LogP contribution in [0.4, 0.5) is 0 Å². The molecular formula is C14H23NO3S2. The SMILES string of the molecule is CC1CCCCCC1NS(=O)(=O)c1ccc(CCO)s1. The Morgan fingerprint density at radius 3 is 2.80 bits per heavy atom. The highest BCUT2D eigenvalue weighted by atomic mass is 32.2. The van der Waals surface area contributed by atoms with Crippen molar-refractivity contribution >= 4 is 21.4 Å². The van der Waals surface area contributed by atoms with Crippen LogP contribution in [0.3, 0.4) is 0 Å². The second-order valence-corrected chi connectivity index (χ2v) is 8.65. The van der Waals surface area contributed by atoms with E-state index in [-0.39, 0.29) is 12.6 Å². The number of thiophene rings is 1. The molecular weight excluding hydrogens is 294 g/mol. The van der Waals surface area contributed by atoms with E-state index in [0.717, 1.165) is 24.1 Å². The summed E-state index contributed by atoms with van der Waals surface area (Å²) in [5.41, 5.74) is 0. The molecule has 0 aromatic carbocycles.